The Kier molecular flexibility index (Phi) is 4.85. The zero-order valence-electron chi connectivity index (χ0n) is 13.1. The maximum absolute atomic E-state index is 12.8. The Bertz CT molecular complexity index is 581. The van der Waals surface area contributed by atoms with Gasteiger partial charge >= 0.3 is 0 Å². The summed E-state index contributed by atoms with van der Waals surface area (Å²) in [6.45, 7) is 4.05. The Balaban J connectivity index is 1.68. The van der Waals surface area contributed by atoms with Crippen LogP contribution in [-0.4, -0.2) is 44.3 Å². The fraction of sp³-hybridized carbons (Fsp3) is 0.647. The van der Waals surface area contributed by atoms with Gasteiger partial charge in [-0.3, -0.25) is 0 Å². The van der Waals surface area contributed by atoms with Crippen molar-refractivity contribution in [2.24, 2.45) is 5.92 Å². The van der Waals surface area contributed by atoms with Crippen LogP contribution in [0.3, 0.4) is 0 Å². The normalized spacial score (nSPS) is 28.0. The smallest absolute Gasteiger partial charge is 0.214 e. The molecule has 22 heavy (non-hydrogen) atoms. The van der Waals surface area contributed by atoms with Gasteiger partial charge in [-0.15, -0.1) is 0 Å². The van der Waals surface area contributed by atoms with Crippen LogP contribution in [0.25, 0.3) is 0 Å². The van der Waals surface area contributed by atoms with Crippen LogP contribution in [0.1, 0.15) is 37.7 Å². The second-order valence-electron chi connectivity index (χ2n) is 6.60. The highest BCUT2D eigenvalue weighted by atomic mass is 32.2. The largest absolute Gasteiger partial charge is 0.381 e. The quantitative estimate of drug-likeness (QED) is 0.856. The van der Waals surface area contributed by atoms with Gasteiger partial charge in [0.2, 0.25) is 10.0 Å². The first-order valence-electron chi connectivity index (χ1n) is 8.18. The van der Waals surface area contributed by atoms with Crippen molar-refractivity contribution in [1.82, 2.24) is 4.31 Å². The SMILES string of the molecule is C[C@H]1C[C@H](c2ccccc2)CN1S(=O)(=O)CC1CCOCC1. The van der Waals surface area contributed by atoms with Gasteiger partial charge in [0, 0.05) is 25.8 Å². The fourth-order valence-electron chi connectivity index (χ4n) is 3.66. The number of sulfonamides is 1. The summed E-state index contributed by atoms with van der Waals surface area (Å²) in [5, 5.41) is 0. The molecule has 2 atom stereocenters. The minimum absolute atomic E-state index is 0.0926. The molecule has 3 rings (SSSR count). The predicted octanol–water partition coefficient (Wildman–Crippen LogP) is 2.62. The first-order chi connectivity index (χ1) is 10.6. The Morgan fingerprint density at radius 1 is 1.18 bits per heavy atom. The average Bonchev–Trinajstić information content (AvgIpc) is 2.92. The first-order valence-corrected chi connectivity index (χ1v) is 9.79. The fourth-order valence-corrected chi connectivity index (χ4v) is 5.82. The van der Waals surface area contributed by atoms with Gasteiger partial charge in [-0.05, 0) is 43.6 Å². The highest BCUT2D eigenvalue weighted by molar-refractivity contribution is 7.89. The molecule has 5 heteroatoms. The molecule has 0 aromatic heterocycles. The molecule has 0 radical (unpaired) electrons. The van der Waals surface area contributed by atoms with Crippen LogP contribution >= 0.6 is 0 Å². The molecule has 1 aromatic carbocycles. The van der Waals surface area contributed by atoms with E-state index in [9.17, 15) is 8.42 Å². The molecule has 0 saturated carbocycles. The summed E-state index contributed by atoms with van der Waals surface area (Å²) >= 11 is 0. The molecule has 2 saturated heterocycles. The van der Waals surface area contributed by atoms with Crippen molar-refractivity contribution in [1.29, 1.82) is 0 Å². The molecule has 0 N–H and O–H groups in total. The molecule has 2 aliphatic rings. The van der Waals surface area contributed by atoms with E-state index in [4.69, 9.17) is 4.74 Å². The zero-order chi connectivity index (χ0) is 15.6. The monoisotopic (exact) mass is 323 g/mol. The lowest BCUT2D eigenvalue weighted by atomic mass is 9.97. The third kappa shape index (κ3) is 3.53. The molecule has 2 heterocycles. The van der Waals surface area contributed by atoms with Crippen LogP contribution in [0.15, 0.2) is 30.3 Å². The molecule has 122 valence electrons. The van der Waals surface area contributed by atoms with E-state index in [1.165, 1.54) is 5.56 Å². The van der Waals surface area contributed by atoms with Gasteiger partial charge in [-0.1, -0.05) is 30.3 Å². The van der Waals surface area contributed by atoms with Crippen molar-refractivity contribution < 1.29 is 13.2 Å². The van der Waals surface area contributed by atoms with Crippen molar-refractivity contribution in [3.8, 4) is 0 Å². The van der Waals surface area contributed by atoms with Gasteiger partial charge in [0.1, 0.15) is 0 Å². The Morgan fingerprint density at radius 2 is 1.86 bits per heavy atom. The number of nitrogens with zero attached hydrogens (tertiary/aromatic N) is 1. The van der Waals surface area contributed by atoms with E-state index in [0.717, 1.165) is 19.3 Å². The Morgan fingerprint density at radius 3 is 2.55 bits per heavy atom. The van der Waals surface area contributed by atoms with Crippen molar-refractivity contribution in [3.05, 3.63) is 35.9 Å². The molecule has 0 aliphatic carbocycles. The van der Waals surface area contributed by atoms with E-state index in [1.54, 1.807) is 4.31 Å². The van der Waals surface area contributed by atoms with E-state index in [2.05, 4.69) is 12.1 Å². The second-order valence-corrected chi connectivity index (χ2v) is 8.56. The Labute approximate surface area is 133 Å². The molecule has 2 aliphatic heterocycles. The second kappa shape index (κ2) is 6.69. The van der Waals surface area contributed by atoms with Gasteiger partial charge in [0.15, 0.2) is 0 Å². The predicted molar refractivity (Wildman–Crippen MR) is 87.3 cm³/mol. The van der Waals surface area contributed by atoms with Crippen LogP contribution < -0.4 is 0 Å². The third-order valence-electron chi connectivity index (χ3n) is 4.93. The van der Waals surface area contributed by atoms with E-state index in [1.807, 2.05) is 25.1 Å². The van der Waals surface area contributed by atoms with Gasteiger partial charge in [0.25, 0.3) is 0 Å². The summed E-state index contributed by atoms with van der Waals surface area (Å²) in [4.78, 5) is 0. The topological polar surface area (TPSA) is 46.6 Å². The number of hydrogen-bond acceptors (Lipinski definition) is 3. The molecule has 0 spiro atoms. The maximum Gasteiger partial charge on any atom is 0.214 e. The number of rotatable bonds is 4. The summed E-state index contributed by atoms with van der Waals surface area (Å²) in [7, 11) is -3.17. The Hall–Kier alpha value is -0.910. The minimum Gasteiger partial charge on any atom is -0.381 e. The molecule has 0 amide bonds. The van der Waals surface area contributed by atoms with Crippen molar-refractivity contribution in [2.75, 3.05) is 25.5 Å². The lowest BCUT2D eigenvalue weighted by Gasteiger charge is -2.26. The summed E-state index contributed by atoms with van der Waals surface area (Å²) in [6, 6.07) is 10.4. The lowest BCUT2D eigenvalue weighted by Crippen LogP contribution is -2.38. The lowest BCUT2D eigenvalue weighted by molar-refractivity contribution is 0.0720. The molecular weight excluding hydrogens is 298 g/mol. The standard InChI is InChI=1S/C17H25NO3S/c1-14-11-17(16-5-3-2-4-6-16)12-18(14)22(19,20)13-15-7-9-21-10-8-15/h2-6,14-15,17H,7-13H2,1H3/t14-,17-/m0/s1. The number of ether oxygens (including phenoxy) is 1. The highest BCUT2D eigenvalue weighted by Crippen LogP contribution is 2.34. The zero-order valence-corrected chi connectivity index (χ0v) is 14.0. The van der Waals surface area contributed by atoms with Crippen LogP contribution in [0.2, 0.25) is 0 Å². The van der Waals surface area contributed by atoms with Gasteiger partial charge in [0.05, 0.1) is 5.75 Å². The first kappa shape index (κ1) is 16.0. The van der Waals surface area contributed by atoms with Crippen molar-refractivity contribution in [2.45, 2.75) is 38.1 Å². The molecule has 0 unspecified atom stereocenters. The number of benzene rings is 1. The maximum atomic E-state index is 12.8. The molecule has 0 bridgehead atoms. The van der Waals surface area contributed by atoms with E-state index in [0.29, 0.717) is 25.7 Å². The van der Waals surface area contributed by atoms with Gasteiger partial charge in [-0.2, -0.15) is 4.31 Å². The highest BCUT2D eigenvalue weighted by Gasteiger charge is 2.38. The van der Waals surface area contributed by atoms with Crippen LogP contribution in [0.4, 0.5) is 0 Å². The molecule has 2 fully saturated rings. The summed E-state index contributed by atoms with van der Waals surface area (Å²) in [6.07, 6.45) is 2.64. The van der Waals surface area contributed by atoms with Crippen LogP contribution in [0.5, 0.6) is 0 Å². The molecular formula is C17H25NO3S. The summed E-state index contributed by atoms with van der Waals surface area (Å²) < 4.78 is 32.6. The van der Waals surface area contributed by atoms with Crippen molar-refractivity contribution >= 4 is 10.0 Å². The van der Waals surface area contributed by atoms with Gasteiger partial charge < -0.3 is 4.74 Å². The van der Waals surface area contributed by atoms with E-state index < -0.39 is 10.0 Å². The minimum atomic E-state index is -3.17. The van der Waals surface area contributed by atoms with Crippen molar-refractivity contribution in [3.63, 3.8) is 0 Å². The van der Waals surface area contributed by atoms with E-state index in [-0.39, 0.29) is 17.7 Å². The van der Waals surface area contributed by atoms with E-state index >= 15 is 0 Å². The van der Waals surface area contributed by atoms with Crippen LogP contribution in [0, 0.1) is 5.92 Å². The van der Waals surface area contributed by atoms with Gasteiger partial charge in [-0.25, -0.2) is 8.42 Å². The third-order valence-corrected chi connectivity index (χ3v) is 7.05. The average molecular weight is 323 g/mol. The summed E-state index contributed by atoms with van der Waals surface area (Å²) in [5.41, 5.74) is 1.25. The number of hydrogen-bond donors (Lipinski definition) is 0. The van der Waals surface area contributed by atoms with Crippen LogP contribution in [-0.2, 0) is 14.8 Å². The molecule has 4 nitrogen and oxygen atoms in total. The summed E-state index contributed by atoms with van der Waals surface area (Å²) in [5.74, 6) is 0.852. The molecule has 1 aromatic rings.